The Bertz CT molecular complexity index is 525. The second-order valence-corrected chi connectivity index (χ2v) is 5.41. The highest BCUT2D eigenvalue weighted by atomic mass is 32.2. The van der Waals surface area contributed by atoms with Gasteiger partial charge < -0.3 is 10.1 Å². The molecule has 1 heterocycles. The van der Waals surface area contributed by atoms with Crippen molar-refractivity contribution in [3.8, 4) is 5.75 Å². The fraction of sp³-hybridized carbons (Fsp3) is 0.455. The molecule has 0 bridgehead atoms. The van der Waals surface area contributed by atoms with Gasteiger partial charge in [0.1, 0.15) is 10.6 Å². The maximum absolute atomic E-state index is 11.2. The Balaban J connectivity index is 2.58. The summed E-state index contributed by atoms with van der Waals surface area (Å²) in [6.07, 6.45) is 2.84. The zero-order valence-corrected chi connectivity index (χ0v) is 10.4. The number of hydrogen-bond donors (Lipinski definition) is 2. The van der Waals surface area contributed by atoms with Crippen LogP contribution in [0.5, 0.6) is 5.75 Å². The molecule has 2 N–H and O–H groups in total. The number of nitrogens with one attached hydrogen (secondary N) is 1. The third kappa shape index (κ3) is 2.53. The summed E-state index contributed by atoms with van der Waals surface area (Å²) in [4.78, 5) is -0.164. The number of methoxy groups -OCH3 is 1. The largest absolute Gasteiger partial charge is 0.495 e. The number of anilines is 1. The normalized spacial score (nSPS) is 15.6. The maximum atomic E-state index is 11.2. The predicted molar refractivity (Wildman–Crippen MR) is 64.2 cm³/mol. The summed E-state index contributed by atoms with van der Waals surface area (Å²) in [6.45, 7) is 0.862. The summed E-state index contributed by atoms with van der Waals surface area (Å²) in [5.74, 6) is 0.167. The van der Waals surface area contributed by atoms with Crippen molar-refractivity contribution in [1.82, 2.24) is 0 Å². The highest BCUT2D eigenvalue weighted by molar-refractivity contribution is 7.86. The molecule has 1 aromatic carbocycles. The zero-order valence-electron chi connectivity index (χ0n) is 9.56. The van der Waals surface area contributed by atoms with Gasteiger partial charge in [0, 0.05) is 18.3 Å². The van der Waals surface area contributed by atoms with Crippen molar-refractivity contribution in [2.45, 2.75) is 24.2 Å². The molecule has 0 fully saturated rings. The smallest absolute Gasteiger partial charge is 0.298 e. The standard InChI is InChI=1S/C11H15NO4S/c1-16-10-7-9-8(4-2-3-5-12-9)6-11(10)17(13,14)15/h6-7,12H,2-5H2,1H3,(H,13,14,15). The first-order valence-corrected chi connectivity index (χ1v) is 6.88. The van der Waals surface area contributed by atoms with E-state index in [2.05, 4.69) is 5.32 Å². The van der Waals surface area contributed by atoms with Crippen LogP contribution in [0.4, 0.5) is 5.69 Å². The van der Waals surface area contributed by atoms with E-state index >= 15 is 0 Å². The lowest BCUT2D eigenvalue weighted by Gasteiger charge is -2.12. The van der Waals surface area contributed by atoms with Gasteiger partial charge in [0.2, 0.25) is 0 Å². The van der Waals surface area contributed by atoms with Crippen molar-refractivity contribution in [2.24, 2.45) is 0 Å². The highest BCUT2D eigenvalue weighted by Crippen LogP contribution is 2.32. The van der Waals surface area contributed by atoms with Gasteiger partial charge in [-0.25, -0.2) is 0 Å². The monoisotopic (exact) mass is 257 g/mol. The van der Waals surface area contributed by atoms with Gasteiger partial charge in [0.25, 0.3) is 10.1 Å². The highest BCUT2D eigenvalue weighted by Gasteiger charge is 2.20. The van der Waals surface area contributed by atoms with Gasteiger partial charge in [-0.2, -0.15) is 8.42 Å². The van der Waals surface area contributed by atoms with Crippen molar-refractivity contribution in [2.75, 3.05) is 19.0 Å². The second-order valence-electron chi connectivity index (χ2n) is 4.02. The minimum Gasteiger partial charge on any atom is -0.495 e. The quantitative estimate of drug-likeness (QED) is 0.788. The molecule has 0 saturated heterocycles. The Morgan fingerprint density at radius 1 is 1.35 bits per heavy atom. The van der Waals surface area contributed by atoms with Gasteiger partial charge in [-0.3, -0.25) is 4.55 Å². The summed E-state index contributed by atoms with van der Waals surface area (Å²) in [6, 6.07) is 3.12. The van der Waals surface area contributed by atoms with Crippen molar-refractivity contribution < 1.29 is 17.7 Å². The molecule has 2 rings (SSSR count). The van der Waals surface area contributed by atoms with Gasteiger partial charge in [0.15, 0.2) is 0 Å². The molecule has 0 aliphatic carbocycles. The van der Waals surface area contributed by atoms with E-state index in [4.69, 9.17) is 9.29 Å². The lowest BCUT2D eigenvalue weighted by Crippen LogP contribution is -2.05. The van der Waals surface area contributed by atoms with Crippen molar-refractivity contribution in [3.05, 3.63) is 17.7 Å². The van der Waals surface area contributed by atoms with Gasteiger partial charge in [-0.15, -0.1) is 0 Å². The van der Waals surface area contributed by atoms with Crippen LogP contribution in [0.15, 0.2) is 17.0 Å². The topological polar surface area (TPSA) is 75.6 Å². The Hall–Kier alpha value is -1.27. The molecule has 0 saturated carbocycles. The Morgan fingerprint density at radius 2 is 2.12 bits per heavy atom. The van der Waals surface area contributed by atoms with Crippen LogP contribution in [0.2, 0.25) is 0 Å². The minimum absolute atomic E-state index is 0.164. The molecule has 0 aromatic heterocycles. The molecule has 0 amide bonds. The van der Waals surface area contributed by atoms with Gasteiger partial charge >= 0.3 is 0 Å². The SMILES string of the molecule is COc1cc2c(cc1S(=O)(=O)O)CCCCN2. The third-order valence-corrected chi connectivity index (χ3v) is 3.73. The zero-order chi connectivity index (χ0) is 12.5. The van der Waals surface area contributed by atoms with E-state index in [-0.39, 0.29) is 10.6 Å². The second kappa shape index (κ2) is 4.54. The molecule has 0 unspecified atom stereocenters. The number of aryl methyl sites for hydroxylation is 1. The van der Waals surface area contributed by atoms with E-state index in [0.29, 0.717) is 0 Å². The van der Waals surface area contributed by atoms with Gasteiger partial charge in [0.05, 0.1) is 7.11 Å². The fourth-order valence-corrected chi connectivity index (χ4v) is 2.69. The van der Waals surface area contributed by atoms with E-state index < -0.39 is 10.1 Å². The van der Waals surface area contributed by atoms with E-state index in [0.717, 1.165) is 37.1 Å². The third-order valence-electron chi connectivity index (χ3n) is 2.86. The van der Waals surface area contributed by atoms with Crippen LogP contribution in [-0.2, 0) is 16.5 Å². The van der Waals surface area contributed by atoms with E-state index in [1.54, 1.807) is 6.07 Å². The van der Waals surface area contributed by atoms with E-state index in [9.17, 15) is 8.42 Å². The Morgan fingerprint density at radius 3 is 2.76 bits per heavy atom. The van der Waals surface area contributed by atoms with Crippen LogP contribution < -0.4 is 10.1 Å². The molecule has 17 heavy (non-hydrogen) atoms. The van der Waals surface area contributed by atoms with Crippen LogP contribution in [0.3, 0.4) is 0 Å². The summed E-state index contributed by atoms with van der Waals surface area (Å²) in [7, 11) is -2.86. The van der Waals surface area contributed by atoms with E-state index in [1.165, 1.54) is 13.2 Å². The summed E-state index contributed by atoms with van der Waals surface area (Å²) < 4.78 is 36.6. The van der Waals surface area contributed by atoms with E-state index in [1.807, 2.05) is 0 Å². The first kappa shape index (κ1) is 12.2. The number of benzene rings is 1. The number of rotatable bonds is 2. The summed E-state index contributed by atoms with van der Waals surface area (Å²) in [5.41, 5.74) is 1.78. The Kier molecular flexibility index (Phi) is 3.26. The number of fused-ring (bicyclic) bond motifs is 1. The lowest BCUT2D eigenvalue weighted by molar-refractivity contribution is 0.397. The van der Waals surface area contributed by atoms with Crippen molar-refractivity contribution in [1.29, 1.82) is 0 Å². The van der Waals surface area contributed by atoms with Crippen LogP contribution in [0.25, 0.3) is 0 Å². The average molecular weight is 257 g/mol. The summed E-state index contributed by atoms with van der Waals surface area (Å²) >= 11 is 0. The molecule has 1 aliphatic heterocycles. The number of hydrogen-bond acceptors (Lipinski definition) is 4. The van der Waals surface area contributed by atoms with Crippen LogP contribution in [-0.4, -0.2) is 26.6 Å². The van der Waals surface area contributed by atoms with Crippen LogP contribution >= 0.6 is 0 Å². The van der Waals surface area contributed by atoms with Crippen molar-refractivity contribution in [3.63, 3.8) is 0 Å². The molecule has 0 radical (unpaired) electrons. The number of ether oxygens (including phenoxy) is 1. The maximum Gasteiger partial charge on any atom is 0.298 e. The van der Waals surface area contributed by atoms with Crippen LogP contribution in [0, 0.1) is 0 Å². The molecule has 6 heteroatoms. The molecular weight excluding hydrogens is 242 g/mol. The first-order valence-electron chi connectivity index (χ1n) is 5.44. The molecule has 0 spiro atoms. The first-order chi connectivity index (χ1) is 8.02. The molecule has 1 aromatic rings. The fourth-order valence-electron chi connectivity index (χ4n) is 2.00. The molecule has 0 atom stereocenters. The molecule has 1 aliphatic rings. The lowest BCUT2D eigenvalue weighted by atomic mass is 10.1. The van der Waals surface area contributed by atoms with Crippen LogP contribution in [0.1, 0.15) is 18.4 Å². The molecular formula is C11H15NO4S. The van der Waals surface area contributed by atoms with Crippen molar-refractivity contribution >= 4 is 15.8 Å². The predicted octanol–water partition coefficient (Wildman–Crippen LogP) is 1.69. The molecule has 5 nitrogen and oxygen atoms in total. The molecule has 94 valence electrons. The minimum atomic E-state index is -4.24. The average Bonchev–Trinajstić information content (AvgIpc) is 2.50. The van der Waals surface area contributed by atoms with Gasteiger partial charge in [-0.1, -0.05) is 0 Å². The summed E-state index contributed by atoms with van der Waals surface area (Å²) in [5, 5.41) is 3.22. The Labute approximate surface area is 101 Å². The van der Waals surface area contributed by atoms with Gasteiger partial charge in [-0.05, 0) is 30.9 Å².